The molecule has 0 spiro atoms. The van der Waals surface area contributed by atoms with E-state index in [1.54, 1.807) is 6.07 Å². The molecule has 1 saturated carbocycles. The maximum absolute atomic E-state index is 13.1. The van der Waals surface area contributed by atoms with Crippen LogP contribution in [0.15, 0.2) is 23.3 Å². The van der Waals surface area contributed by atoms with Crippen LogP contribution in [0.25, 0.3) is 0 Å². The second-order valence-electron chi connectivity index (χ2n) is 7.43. The molecule has 2 N–H and O–H groups in total. The zero-order valence-electron chi connectivity index (χ0n) is 15.5. The van der Waals surface area contributed by atoms with Gasteiger partial charge in [-0.05, 0) is 36.5 Å². The lowest BCUT2D eigenvalue weighted by molar-refractivity contribution is -0.121. The topological polar surface area (TPSA) is 64.9 Å². The Balaban J connectivity index is 1.71. The van der Waals surface area contributed by atoms with E-state index in [2.05, 4.69) is 10.4 Å². The summed E-state index contributed by atoms with van der Waals surface area (Å²) >= 11 is 12.3. The van der Waals surface area contributed by atoms with Crippen LogP contribution in [-0.4, -0.2) is 41.6 Å². The van der Waals surface area contributed by atoms with Gasteiger partial charge < -0.3 is 10.4 Å². The molecule has 1 aliphatic carbocycles. The highest BCUT2D eigenvalue weighted by Crippen LogP contribution is 2.36. The third-order valence-electron chi connectivity index (χ3n) is 5.42. The molecule has 7 heteroatoms. The van der Waals surface area contributed by atoms with Crippen LogP contribution in [0.5, 0.6) is 0 Å². The van der Waals surface area contributed by atoms with Gasteiger partial charge in [0.15, 0.2) is 0 Å². The van der Waals surface area contributed by atoms with Crippen LogP contribution >= 0.6 is 23.2 Å². The van der Waals surface area contributed by atoms with Crippen LogP contribution in [0.1, 0.15) is 56.4 Å². The maximum atomic E-state index is 13.1. The molecular weight excluding hydrogens is 385 g/mol. The minimum atomic E-state index is -0.253. The standard InChI is InChI=1S/C20H27Cl2N3O2/c21-17-7-6-15(13-18(17)22)16(12-14-4-1-2-5-14)20(27)23-19-8-10-25(24-19)9-3-11-26/h6-7,13-14,16,26H,1-5,8-12H2,(H,23,24,27)/t16-/m1/s1. The molecule has 1 amide bonds. The van der Waals surface area contributed by atoms with Crippen molar-refractivity contribution in [1.82, 2.24) is 10.3 Å². The van der Waals surface area contributed by atoms with Crippen molar-refractivity contribution in [2.75, 3.05) is 19.7 Å². The summed E-state index contributed by atoms with van der Waals surface area (Å²) in [7, 11) is 0. The molecule has 1 heterocycles. The molecule has 1 aromatic carbocycles. The molecule has 5 nitrogen and oxygen atoms in total. The molecule has 0 bridgehead atoms. The molecule has 1 fully saturated rings. The lowest BCUT2D eigenvalue weighted by Crippen LogP contribution is -2.34. The predicted molar refractivity (Wildman–Crippen MR) is 109 cm³/mol. The van der Waals surface area contributed by atoms with Crippen LogP contribution < -0.4 is 5.32 Å². The molecule has 0 aromatic heterocycles. The van der Waals surface area contributed by atoms with Gasteiger partial charge in [-0.3, -0.25) is 9.80 Å². The van der Waals surface area contributed by atoms with E-state index in [1.165, 1.54) is 25.7 Å². The van der Waals surface area contributed by atoms with Gasteiger partial charge in [0.1, 0.15) is 5.84 Å². The Morgan fingerprint density at radius 1 is 1.30 bits per heavy atom. The second-order valence-corrected chi connectivity index (χ2v) is 8.24. The van der Waals surface area contributed by atoms with Crippen LogP contribution in [0.2, 0.25) is 10.0 Å². The van der Waals surface area contributed by atoms with Crippen molar-refractivity contribution in [3.05, 3.63) is 33.8 Å². The Bertz CT molecular complexity index is 690. The number of benzene rings is 1. The zero-order chi connectivity index (χ0) is 19.2. The number of halogens is 2. The fraction of sp³-hybridized carbons (Fsp3) is 0.600. The first-order valence-electron chi connectivity index (χ1n) is 9.76. The zero-order valence-corrected chi connectivity index (χ0v) is 17.0. The highest BCUT2D eigenvalue weighted by atomic mass is 35.5. The number of amides is 1. The van der Waals surface area contributed by atoms with E-state index < -0.39 is 0 Å². The van der Waals surface area contributed by atoms with Crippen molar-refractivity contribution in [3.8, 4) is 0 Å². The average Bonchev–Trinajstić information content (AvgIpc) is 3.32. The van der Waals surface area contributed by atoms with Gasteiger partial charge in [0.25, 0.3) is 0 Å². The van der Waals surface area contributed by atoms with Crippen molar-refractivity contribution < 1.29 is 9.90 Å². The van der Waals surface area contributed by atoms with Gasteiger partial charge in [-0.25, -0.2) is 0 Å². The number of aliphatic hydroxyl groups excluding tert-OH is 1. The van der Waals surface area contributed by atoms with Gasteiger partial charge in [0.05, 0.1) is 16.0 Å². The maximum Gasteiger partial charge on any atom is 0.232 e. The Morgan fingerprint density at radius 3 is 2.78 bits per heavy atom. The lowest BCUT2D eigenvalue weighted by Gasteiger charge is -2.21. The summed E-state index contributed by atoms with van der Waals surface area (Å²) in [5.74, 6) is 0.997. The van der Waals surface area contributed by atoms with Crippen LogP contribution in [0.4, 0.5) is 0 Å². The normalized spacial score (nSPS) is 18.6. The number of carbonyl (C=O) groups is 1. The molecule has 148 valence electrons. The molecular formula is C20H27Cl2N3O2. The van der Waals surface area contributed by atoms with Gasteiger partial charge >= 0.3 is 0 Å². The van der Waals surface area contributed by atoms with Crippen LogP contribution in [-0.2, 0) is 4.79 Å². The quantitative estimate of drug-likeness (QED) is 0.707. The number of hydrogen-bond acceptors (Lipinski definition) is 4. The van der Waals surface area contributed by atoms with Crippen molar-refractivity contribution >= 4 is 34.9 Å². The van der Waals surface area contributed by atoms with E-state index in [0.29, 0.717) is 41.2 Å². The fourth-order valence-corrected chi connectivity index (χ4v) is 4.25. The Kier molecular flexibility index (Phi) is 7.39. The smallest absolute Gasteiger partial charge is 0.232 e. The molecule has 0 unspecified atom stereocenters. The number of hydrogen-bond donors (Lipinski definition) is 2. The van der Waals surface area contributed by atoms with Gasteiger partial charge in [-0.1, -0.05) is 55.0 Å². The molecule has 2 aliphatic rings. The summed E-state index contributed by atoms with van der Waals surface area (Å²) in [4.78, 5) is 13.1. The fourth-order valence-electron chi connectivity index (χ4n) is 3.94. The summed E-state index contributed by atoms with van der Waals surface area (Å²) < 4.78 is 0. The highest BCUT2D eigenvalue weighted by Gasteiger charge is 2.28. The van der Waals surface area contributed by atoms with E-state index in [4.69, 9.17) is 28.3 Å². The SMILES string of the molecule is O=C(NC1=NN(CCCO)CC1)[C@H](CC1CCCC1)c1ccc(Cl)c(Cl)c1. The molecule has 1 atom stereocenters. The number of aliphatic hydroxyl groups is 1. The van der Waals surface area contributed by atoms with Crippen LogP contribution in [0, 0.1) is 5.92 Å². The van der Waals surface area contributed by atoms with E-state index in [9.17, 15) is 4.79 Å². The molecule has 3 rings (SSSR count). The van der Waals surface area contributed by atoms with Crippen LogP contribution in [0.3, 0.4) is 0 Å². The summed E-state index contributed by atoms with van der Waals surface area (Å²) in [6.45, 7) is 1.62. The van der Waals surface area contributed by atoms with Gasteiger partial charge in [-0.15, -0.1) is 0 Å². The summed E-state index contributed by atoms with van der Waals surface area (Å²) in [5, 5.41) is 19.3. The monoisotopic (exact) mass is 411 g/mol. The third-order valence-corrected chi connectivity index (χ3v) is 6.16. The van der Waals surface area contributed by atoms with E-state index in [1.807, 2.05) is 17.1 Å². The summed E-state index contributed by atoms with van der Waals surface area (Å²) in [6.07, 6.45) is 7.07. The molecule has 0 saturated heterocycles. The van der Waals surface area contributed by atoms with Crippen molar-refractivity contribution in [2.45, 2.75) is 50.9 Å². The highest BCUT2D eigenvalue weighted by molar-refractivity contribution is 6.42. The number of nitrogens with zero attached hydrogens (tertiary/aromatic N) is 2. The number of hydrazone groups is 1. The van der Waals surface area contributed by atoms with Gasteiger partial charge in [-0.2, -0.15) is 5.10 Å². The van der Waals surface area contributed by atoms with Gasteiger partial charge in [0, 0.05) is 26.1 Å². The third kappa shape index (κ3) is 5.59. The summed E-state index contributed by atoms with van der Waals surface area (Å²) in [6, 6.07) is 5.47. The Labute approximate surface area is 170 Å². The molecule has 1 aliphatic heterocycles. The molecule has 27 heavy (non-hydrogen) atoms. The van der Waals surface area contributed by atoms with Crippen molar-refractivity contribution in [1.29, 1.82) is 0 Å². The van der Waals surface area contributed by atoms with Crippen molar-refractivity contribution in [2.24, 2.45) is 11.0 Å². The average molecular weight is 412 g/mol. The van der Waals surface area contributed by atoms with E-state index in [-0.39, 0.29) is 18.4 Å². The first kappa shape index (κ1) is 20.4. The van der Waals surface area contributed by atoms with Gasteiger partial charge in [0.2, 0.25) is 5.91 Å². The summed E-state index contributed by atoms with van der Waals surface area (Å²) in [5.41, 5.74) is 0.907. The number of amidine groups is 1. The number of nitrogens with one attached hydrogen (secondary N) is 1. The molecule has 1 aromatic rings. The first-order valence-corrected chi connectivity index (χ1v) is 10.5. The number of rotatable bonds is 7. The van der Waals surface area contributed by atoms with E-state index >= 15 is 0 Å². The largest absolute Gasteiger partial charge is 0.396 e. The second kappa shape index (κ2) is 9.76. The minimum absolute atomic E-state index is 0.0250. The predicted octanol–water partition coefficient (Wildman–Crippen LogP) is 4.18. The Morgan fingerprint density at radius 2 is 2.07 bits per heavy atom. The minimum Gasteiger partial charge on any atom is -0.396 e. The Hall–Kier alpha value is -1.30. The van der Waals surface area contributed by atoms with E-state index in [0.717, 1.165) is 18.5 Å². The number of carbonyl (C=O) groups excluding carboxylic acids is 1. The molecule has 0 radical (unpaired) electrons. The lowest BCUT2D eigenvalue weighted by atomic mass is 9.87. The first-order chi connectivity index (χ1) is 13.1. The van der Waals surface area contributed by atoms with Crippen molar-refractivity contribution in [3.63, 3.8) is 0 Å².